The molecule has 154 valence electrons. The molecular formula is C22H26ClN3O3. The number of nitrogens with zero attached hydrogens (tertiary/aromatic N) is 3. The van der Waals surface area contributed by atoms with Crippen molar-refractivity contribution in [1.29, 1.82) is 5.26 Å². The monoisotopic (exact) mass is 415 g/mol. The Kier molecular flexibility index (Phi) is 7.10. The number of hydrogen-bond acceptors (Lipinski definition) is 5. The highest BCUT2D eigenvalue weighted by Crippen LogP contribution is 2.32. The minimum absolute atomic E-state index is 0.0131. The largest absolute Gasteiger partial charge is 0.514 e. The van der Waals surface area contributed by atoms with Gasteiger partial charge in [-0.1, -0.05) is 45.0 Å². The molecule has 2 aromatic rings. The highest BCUT2D eigenvalue weighted by atomic mass is 35.5. The summed E-state index contributed by atoms with van der Waals surface area (Å²) in [6.07, 6.45) is -0.919. The van der Waals surface area contributed by atoms with Crippen LogP contribution < -0.4 is 0 Å². The van der Waals surface area contributed by atoms with Crippen LogP contribution in [0.25, 0.3) is 11.3 Å². The minimum atomic E-state index is -0.919. The number of carbonyl (C=O) groups is 1. The first kappa shape index (κ1) is 22.5. The van der Waals surface area contributed by atoms with Crippen LogP contribution >= 0.6 is 11.6 Å². The predicted molar refractivity (Wildman–Crippen MR) is 113 cm³/mol. The van der Waals surface area contributed by atoms with E-state index in [1.807, 2.05) is 38.1 Å². The fourth-order valence-corrected chi connectivity index (χ4v) is 2.99. The van der Waals surface area contributed by atoms with Gasteiger partial charge in [-0.25, -0.2) is 4.79 Å². The number of aromatic nitrogens is 2. The SMILES string of the molecule is Cc1nn(C)c(/C(OC(=O)OCCCl)=C(\C#N)c2ccc(C(C)(C)C)cc2)c1C. The summed E-state index contributed by atoms with van der Waals surface area (Å²) in [4.78, 5) is 12.2. The lowest BCUT2D eigenvalue weighted by Crippen LogP contribution is -2.13. The number of carbonyl (C=O) groups excluding carboxylic acids is 1. The van der Waals surface area contributed by atoms with Crippen molar-refractivity contribution >= 4 is 29.1 Å². The summed E-state index contributed by atoms with van der Waals surface area (Å²) in [7, 11) is 1.74. The van der Waals surface area contributed by atoms with Crippen LogP contribution in [0, 0.1) is 25.2 Å². The minimum Gasteiger partial charge on any atom is -0.433 e. The predicted octanol–water partition coefficient (Wildman–Crippen LogP) is 5.12. The lowest BCUT2D eigenvalue weighted by Gasteiger charge is -2.19. The van der Waals surface area contributed by atoms with Gasteiger partial charge in [-0.3, -0.25) is 4.68 Å². The molecule has 0 amide bonds. The molecule has 1 heterocycles. The molecule has 0 saturated heterocycles. The molecule has 6 nitrogen and oxygen atoms in total. The average Bonchev–Trinajstić information content (AvgIpc) is 2.91. The van der Waals surface area contributed by atoms with Crippen LogP contribution in [-0.4, -0.2) is 28.4 Å². The number of rotatable bonds is 5. The molecule has 0 aliphatic heterocycles. The molecule has 0 unspecified atom stereocenters. The molecule has 1 aromatic heterocycles. The summed E-state index contributed by atoms with van der Waals surface area (Å²) in [5.41, 5.74) is 4.11. The number of benzene rings is 1. The van der Waals surface area contributed by atoms with E-state index in [0.717, 1.165) is 16.8 Å². The van der Waals surface area contributed by atoms with Gasteiger partial charge in [0.05, 0.1) is 11.6 Å². The highest BCUT2D eigenvalue weighted by Gasteiger charge is 2.24. The number of halogens is 1. The summed E-state index contributed by atoms with van der Waals surface area (Å²) in [6.45, 7) is 10.1. The van der Waals surface area contributed by atoms with Gasteiger partial charge in [0, 0.05) is 12.6 Å². The van der Waals surface area contributed by atoms with Crippen molar-refractivity contribution < 1.29 is 14.3 Å². The quantitative estimate of drug-likeness (QED) is 0.293. The van der Waals surface area contributed by atoms with E-state index in [0.29, 0.717) is 11.3 Å². The van der Waals surface area contributed by atoms with Gasteiger partial charge in [-0.2, -0.15) is 10.4 Å². The first-order valence-corrected chi connectivity index (χ1v) is 9.80. The molecule has 0 atom stereocenters. The molecule has 29 heavy (non-hydrogen) atoms. The van der Waals surface area contributed by atoms with Crippen LogP contribution in [0.2, 0.25) is 0 Å². The first-order chi connectivity index (χ1) is 13.6. The Morgan fingerprint density at radius 3 is 2.31 bits per heavy atom. The van der Waals surface area contributed by atoms with Crippen LogP contribution in [0.1, 0.15) is 48.8 Å². The van der Waals surface area contributed by atoms with Crippen molar-refractivity contribution in [3.05, 3.63) is 52.3 Å². The van der Waals surface area contributed by atoms with Gasteiger partial charge in [0.2, 0.25) is 0 Å². The fraction of sp³-hybridized carbons (Fsp3) is 0.409. The van der Waals surface area contributed by atoms with Gasteiger partial charge in [0.1, 0.15) is 23.9 Å². The van der Waals surface area contributed by atoms with Gasteiger partial charge in [0.25, 0.3) is 0 Å². The second kappa shape index (κ2) is 9.15. The molecule has 0 fully saturated rings. The lowest BCUT2D eigenvalue weighted by atomic mass is 9.86. The number of nitriles is 1. The average molecular weight is 416 g/mol. The Morgan fingerprint density at radius 1 is 1.24 bits per heavy atom. The third kappa shape index (κ3) is 5.18. The van der Waals surface area contributed by atoms with Gasteiger partial charge in [-0.05, 0) is 30.4 Å². The second-order valence-electron chi connectivity index (χ2n) is 7.72. The Hall–Kier alpha value is -2.78. The van der Waals surface area contributed by atoms with Gasteiger partial charge >= 0.3 is 6.16 Å². The van der Waals surface area contributed by atoms with E-state index in [1.165, 1.54) is 0 Å². The maximum absolute atomic E-state index is 12.2. The van der Waals surface area contributed by atoms with Crippen LogP contribution in [0.15, 0.2) is 24.3 Å². The van der Waals surface area contributed by atoms with Crippen molar-refractivity contribution in [3.63, 3.8) is 0 Å². The normalized spacial score (nSPS) is 12.2. The maximum Gasteiger partial charge on any atom is 0.514 e. The third-order valence-electron chi connectivity index (χ3n) is 4.60. The Bertz CT molecular complexity index is 961. The molecule has 0 bridgehead atoms. The molecule has 0 aliphatic rings. The molecule has 0 spiro atoms. The standard InChI is InChI=1S/C22H26ClN3O3/c1-14-15(2)25-26(6)19(14)20(29-21(27)28-12-11-23)18(13-24)16-7-9-17(10-8-16)22(3,4)5/h7-10H,11-12H2,1-6H3/b20-18-. The zero-order chi connectivity index (χ0) is 21.8. The van der Waals surface area contributed by atoms with E-state index in [1.54, 1.807) is 11.7 Å². The molecule has 7 heteroatoms. The van der Waals surface area contributed by atoms with Crippen molar-refractivity contribution in [2.75, 3.05) is 12.5 Å². The summed E-state index contributed by atoms with van der Waals surface area (Å²) in [6, 6.07) is 9.82. The van der Waals surface area contributed by atoms with E-state index in [-0.39, 0.29) is 29.2 Å². The zero-order valence-electron chi connectivity index (χ0n) is 17.7. The molecule has 2 rings (SSSR count). The van der Waals surface area contributed by atoms with Crippen LogP contribution in [0.3, 0.4) is 0 Å². The van der Waals surface area contributed by atoms with Gasteiger partial charge < -0.3 is 9.47 Å². The molecular weight excluding hydrogens is 390 g/mol. The Labute approximate surface area is 176 Å². The molecule has 0 saturated carbocycles. The van der Waals surface area contributed by atoms with E-state index < -0.39 is 6.16 Å². The smallest absolute Gasteiger partial charge is 0.433 e. The number of allylic oxidation sites excluding steroid dienone is 1. The Morgan fingerprint density at radius 2 is 1.86 bits per heavy atom. The first-order valence-electron chi connectivity index (χ1n) is 9.26. The van der Waals surface area contributed by atoms with Crippen molar-refractivity contribution in [2.24, 2.45) is 7.05 Å². The molecule has 0 aliphatic carbocycles. The molecule has 0 radical (unpaired) electrons. The van der Waals surface area contributed by atoms with Gasteiger partial charge in [0.15, 0.2) is 5.76 Å². The summed E-state index contributed by atoms with van der Waals surface area (Å²) < 4.78 is 12.0. The highest BCUT2D eigenvalue weighted by molar-refractivity contribution is 6.18. The van der Waals surface area contributed by atoms with Crippen LogP contribution in [0.4, 0.5) is 4.79 Å². The fourth-order valence-electron chi connectivity index (χ4n) is 2.92. The summed E-state index contributed by atoms with van der Waals surface area (Å²) in [5, 5.41) is 14.3. The van der Waals surface area contributed by atoms with E-state index >= 15 is 0 Å². The molecule has 0 N–H and O–H groups in total. The number of alkyl halides is 1. The Balaban J connectivity index is 2.63. The molecule has 1 aromatic carbocycles. The van der Waals surface area contributed by atoms with E-state index in [2.05, 4.69) is 31.9 Å². The maximum atomic E-state index is 12.2. The van der Waals surface area contributed by atoms with E-state index in [9.17, 15) is 10.1 Å². The number of ether oxygens (including phenoxy) is 2. The van der Waals surface area contributed by atoms with Crippen LogP contribution in [0.5, 0.6) is 0 Å². The van der Waals surface area contributed by atoms with Crippen molar-refractivity contribution in [2.45, 2.75) is 40.0 Å². The number of hydrogen-bond donors (Lipinski definition) is 0. The topological polar surface area (TPSA) is 77.1 Å². The summed E-state index contributed by atoms with van der Waals surface area (Å²) in [5.74, 6) is 0.258. The van der Waals surface area contributed by atoms with Crippen molar-refractivity contribution in [3.8, 4) is 6.07 Å². The van der Waals surface area contributed by atoms with Crippen molar-refractivity contribution in [1.82, 2.24) is 9.78 Å². The zero-order valence-corrected chi connectivity index (χ0v) is 18.4. The second-order valence-corrected chi connectivity index (χ2v) is 8.09. The summed E-state index contributed by atoms with van der Waals surface area (Å²) >= 11 is 5.58. The third-order valence-corrected chi connectivity index (χ3v) is 4.75. The van der Waals surface area contributed by atoms with Crippen LogP contribution in [-0.2, 0) is 21.9 Å². The lowest BCUT2D eigenvalue weighted by molar-refractivity contribution is 0.0958. The van der Waals surface area contributed by atoms with Gasteiger partial charge in [-0.15, -0.1) is 11.6 Å². The van der Waals surface area contributed by atoms with E-state index in [4.69, 9.17) is 21.1 Å². The number of aryl methyl sites for hydroxylation is 2.